The highest BCUT2D eigenvalue weighted by atomic mass is 32.2. The van der Waals surface area contributed by atoms with E-state index < -0.39 is 9.84 Å². The molecule has 0 fully saturated rings. The van der Waals surface area contributed by atoms with E-state index in [2.05, 4.69) is 5.32 Å². The van der Waals surface area contributed by atoms with Crippen molar-refractivity contribution in [3.05, 3.63) is 34.9 Å². The number of benzene rings is 1. The molecule has 0 saturated heterocycles. The summed E-state index contributed by atoms with van der Waals surface area (Å²) >= 11 is 0. The molecule has 0 unspecified atom stereocenters. The van der Waals surface area contributed by atoms with Crippen LogP contribution in [0.5, 0.6) is 0 Å². The monoisotopic (exact) mass is 296 g/mol. The Morgan fingerprint density at radius 1 is 1.35 bits per heavy atom. The summed E-state index contributed by atoms with van der Waals surface area (Å²) in [5.74, 6) is -0.149. The summed E-state index contributed by atoms with van der Waals surface area (Å²) in [6.45, 7) is 1.96. The van der Waals surface area contributed by atoms with Crippen molar-refractivity contribution in [1.29, 1.82) is 0 Å². The molecule has 1 aliphatic rings. The van der Waals surface area contributed by atoms with Crippen LogP contribution in [0.4, 0.5) is 0 Å². The minimum absolute atomic E-state index is 0.0122. The van der Waals surface area contributed by atoms with Crippen LogP contribution in [0.25, 0.3) is 0 Å². The fourth-order valence-electron chi connectivity index (χ4n) is 2.24. The molecule has 2 rings (SSSR count). The van der Waals surface area contributed by atoms with E-state index in [9.17, 15) is 13.2 Å². The Morgan fingerprint density at radius 3 is 2.80 bits per heavy atom. The maximum Gasteiger partial charge on any atom is 0.253 e. The standard InChI is InChI=1S/C14H20N2O3S/c1-16(7-8-20(2,18)19)14(17)12-4-3-11-5-6-15-10-13(11)9-12/h3-4,9,15H,5-8,10H2,1-2H3. The Morgan fingerprint density at radius 2 is 2.10 bits per heavy atom. The van der Waals surface area contributed by atoms with Crippen LogP contribution in [0.3, 0.4) is 0 Å². The number of hydrogen-bond acceptors (Lipinski definition) is 4. The summed E-state index contributed by atoms with van der Waals surface area (Å²) < 4.78 is 22.3. The van der Waals surface area contributed by atoms with E-state index in [1.807, 2.05) is 18.2 Å². The third-order valence-corrected chi connectivity index (χ3v) is 4.41. The Labute approximate surface area is 119 Å². The van der Waals surface area contributed by atoms with Gasteiger partial charge in [-0.3, -0.25) is 4.79 Å². The van der Waals surface area contributed by atoms with Gasteiger partial charge in [-0.05, 0) is 36.2 Å². The van der Waals surface area contributed by atoms with Gasteiger partial charge >= 0.3 is 0 Å². The molecule has 1 amide bonds. The van der Waals surface area contributed by atoms with Gasteiger partial charge in [-0.25, -0.2) is 8.42 Å². The Kier molecular flexibility index (Phi) is 4.45. The number of nitrogens with one attached hydrogen (secondary N) is 1. The van der Waals surface area contributed by atoms with Crippen molar-refractivity contribution in [2.24, 2.45) is 0 Å². The fraction of sp³-hybridized carbons (Fsp3) is 0.500. The highest BCUT2D eigenvalue weighted by molar-refractivity contribution is 7.90. The summed E-state index contributed by atoms with van der Waals surface area (Å²) in [4.78, 5) is 13.7. The Bertz CT molecular complexity index is 611. The van der Waals surface area contributed by atoms with Crippen molar-refractivity contribution in [3.8, 4) is 0 Å². The molecule has 0 atom stereocenters. The van der Waals surface area contributed by atoms with Crippen LogP contribution in [0.1, 0.15) is 21.5 Å². The van der Waals surface area contributed by atoms with E-state index in [0.717, 1.165) is 25.1 Å². The first kappa shape index (κ1) is 15.0. The van der Waals surface area contributed by atoms with Crippen molar-refractivity contribution in [2.45, 2.75) is 13.0 Å². The third-order valence-electron chi connectivity index (χ3n) is 3.48. The SMILES string of the molecule is CN(CCS(C)(=O)=O)C(=O)c1ccc2c(c1)CNCC2. The molecular formula is C14H20N2O3S. The normalized spacial score (nSPS) is 14.7. The lowest BCUT2D eigenvalue weighted by atomic mass is 9.98. The molecule has 110 valence electrons. The minimum atomic E-state index is -3.05. The first-order chi connectivity index (χ1) is 9.37. The number of nitrogens with zero attached hydrogens (tertiary/aromatic N) is 1. The predicted molar refractivity (Wildman–Crippen MR) is 78.5 cm³/mol. The van der Waals surface area contributed by atoms with Crippen molar-refractivity contribution in [2.75, 3.05) is 32.1 Å². The van der Waals surface area contributed by atoms with Gasteiger partial charge in [0.05, 0.1) is 5.75 Å². The zero-order chi connectivity index (χ0) is 14.8. The maximum absolute atomic E-state index is 12.3. The van der Waals surface area contributed by atoms with Crippen LogP contribution >= 0.6 is 0 Å². The van der Waals surface area contributed by atoms with Gasteiger partial charge in [0, 0.05) is 32.0 Å². The Balaban J connectivity index is 2.08. The smallest absolute Gasteiger partial charge is 0.253 e. The molecule has 5 nitrogen and oxygen atoms in total. The highest BCUT2D eigenvalue weighted by Gasteiger charge is 2.16. The second kappa shape index (κ2) is 5.93. The van der Waals surface area contributed by atoms with Crippen molar-refractivity contribution >= 4 is 15.7 Å². The summed E-state index contributed by atoms with van der Waals surface area (Å²) in [7, 11) is -1.42. The first-order valence-corrected chi connectivity index (χ1v) is 8.68. The molecule has 1 N–H and O–H groups in total. The van der Waals surface area contributed by atoms with Crippen LogP contribution < -0.4 is 5.32 Å². The van der Waals surface area contributed by atoms with Crippen LogP contribution in [-0.2, 0) is 22.8 Å². The highest BCUT2D eigenvalue weighted by Crippen LogP contribution is 2.16. The van der Waals surface area contributed by atoms with Crippen molar-refractivity contribution in [1.82, 2.24) is 10.2 Å². The number of rotatable bonds is 4. The number of carbonyl (C=O) groups excluding carboxylic acids is 1. The first-order valence-electron chi connectivity index (χ1n) is 6.62. The molecule has 1 aliphatic heterocycles. The van der Waals surface area contributed by atoms with Crippen LogP contribution in [0.15, 0.2) is 18.2 Å². The van der Waals surface area contributed by atoms with Crippen molar-refractivity contribution < 1.29 is 13.2 Å². The van der Waals surface area contributed by atoms with E-state index in [1.165, 1.54) is 16.7 Å². The summed E-state index contributed by atoms with van der Waals surface area (Å²) in [5.41, 5.74) is 3.04. The van der Waals surface area contributed by atoms with Crippen LogP contribution in [0.2, 0.25) is 0 Å². The fourth-order valence-corrected chi connectivity index (χ4v) is 2.84. The second-order valence-electron chi connectivity index (χ2n) is 5.27. The lowest BCUT2D eigenvalue weighted by Crippen LogP contribution is -2.32. The van der Waals surface area contributed by atoms with Crippen LogP contribution in [0, 0.1) is 0 Å². The van der Waals surface area contributed by atoms with Gasteiger partial charge in [0.25, 0.3) is 5.91 Å². The largest absolute Gasteiger partial charge is 0.341 e. The topological polar surface area (TPSA) is 66.5 Å². The molecule has 0 spiro atoms. The summed E-state index contributed by atoms with van der Waals surface area (Å²) in [6, 6.07) is 5.72. The Hall–Kier alpha value is -1.40. The van der Waals surface area contributed by atoms with E-state index in [-0.39, 0.29) is 18.2 Å². The minimum Gasteiger partial charge on any atom is -0.341 e. The van der Waals surface area contributed by atoms with Gasteiger partial charge in [-0.1, -0.05) is 6.07 Å². The van der Waals surface area contributed by atoms with Crippen molar-refractivity contribution in [3.63, 3.8) is 0 Å². The van der Waals surface area contributed by atoms with Crippen LogP contribution in [-0.4, -0.2) is 51.4 Å². The molecular weight excluding hydrogens is 276 g/mol. The van der Waals surface area contributed by atoms with E-state index in [4.69, 9.17) is 0 Å². The number of fused-ring (bicyclic) bond motifs is 1. The average molecular weight is 296 g/mol. The van der Waals surface area contributed by atoms with E-state index >= 15 is 0 Å². The summed E-state index contributed by atoms with van der Waals surface area (Å²) in [6.07, 6.45) is 2.16. The lowest BCUT2D eigenvalue weighted by molar-refractivity contribution is 0.0803. The maximum atomic E-state index is 12.3. The molecule has 0 aromatic heterocycles. The van der Waals surface area contributed by atoms with Gasteiger partial charge in [-0.15, -0.1) is 0 Å². The second-order valence-corrected chi connectivity index (χ2v) is 7.53. The van der Waals surface area contributed by atoms with E-state index in [0.29, 0.717) is 5.56 Å². The summed E-state index contributed by atoms with van der Waals surface area (Å²) in [5, 5.41) is 3.28. The molecule has 0 bridgehead atoms. The van der Waals surface area contributed by atoms with Gasteiger partial charge in [0.15, 0.2) is 0 Å². The molecule has 1 aromatic carbocycles. The molecule has 20 heavy (non-hydrogen) atoms. The van der Waals surface area contributed by atoms with Gasteiger partial charge in [0.2, 0.25) is 0 Å². The quantitative estimate of drug-likeness (QED) is 0.876. The lowest BCUT2D eigenvalue weighted by Gasteiger charge is -2.20. The molecule has 0 aliphatic carbocycles. The zero-order valence-corrected chi connectivity index (χ0v) is 12.7. The van der Waals surface area contributed by atoms with Gasteiger partial charge < -0.3 is 10.2 Å². The molecule has 1 aromatic rings. The number of amides is 1. The third kappa shape index (κ3) is 3.80. The molecule has 0 radical (unpaired) electrons. The van der Waals surface area contributed by atoms with Gasteiger partial charge in [0.1, 0.15) is 9.84 Å². The van der Waals surface area contributed by atoms with E-state index in [1.54, 1.807) is 7.05 Å². The number of carbonyl (C=O) groups is 1. The average Bonchev–Trinajstić information content (AvgIpc) is 2.42. The molecule has 0 saturated carbocycles. The molecule has 1 heterocycles. The predicted octanol–water partition coefficient (Wildman–Crippen LogP) is 0.449. The number of sulfone groups is 1. The van der Waals surface area contributed by atoms with Gasteiger partial charge in [-0.2, -0.15) is 0 Å². The molecule has 6 heteroatoms. The zero-order valence-electron chi connectivity index (χ0n) is 11.8. The number of hydrogen-bond donors (Lipinski definition) is 1.